The average Bonchev–Trinajstić information content (AvgIpc) is 2.94. The van der Waals surface area contributed by atoms with Gasteiger partial charge in [0.05, 0.1) is 19.8 Å². The van der Waals surface area contributed by atoms with E-state index in [1.165, 1.54) is 0 Å². The second-order valence-electron chi connectivity index (χ2n) is 4.28. The summed E-state index contributed by atoms with van der Waals surface area (Å²) >= 11 is 1.61. The van der Waals surface area contributed by atoms with E-state index in [1.54, 1.807) is 18.4 Å². The molecule has 0 spiro atoms. The first-order chi connectivity index (χ1) is 9.24. The molecule has 0 aliphatic rings. The molecule has 102 valence electrons. The molecule has 4 heteroatoms. The zero-order valence-electron chi connectivity index (χ0n) is 11.3. The predicted octanol–water partition coefficient (Wildman–Crippen LogP) is 3.59. The first-order valence-corrected chi connectivity index (χ1v) is 7.23. The summed E-state index contributed by atoms with van der Waals surface area (Å²) in [5.41, 5.74) is 7.33. The van der Waals surface area contributed by atoms with E-state index in [1.807, 2.05) is 35.7 Å². The average molecular weight is 277 g/mol. The minimum atomic E-state index is -0.117. The van der Waals surface area contributed by atoms with Gasteiger partial charge < -0.3 is 15.2 Å². The van der Waals surface area contributed by atoms with Crippen molar-refractivity contribution in [3.05, 3.63) is 46.2 Å². The molecular formula is C15H19NO2S. The van der Waals surface area contributed by atoms with E-state index >= 15 is 0 Å². The lowest BCUT2D eigenvalue weighted by Crippen LogP contribution is -2.10. The highest BCUT2D eigenvalue weighted by Gasteiger charge is 2.12. The summed E-state index contributed by atoms with van der Waals surface area (Å²) < 4.78 is 10.7. The maximum absolute atomic E-state index is 6.25. The van der Waals surface area contributed by atoms with E-state index in [0.717, 1.165) is 35.0 Å². The van der Waals surface area contributed by atoms with Gasteiger partial charge in [0.1, 0.15) is 11.5 Å². The molecule has 0 radical (unpaired) electrons. The van der Waals surface area contributed by atoms with Gasteiger partial charge >= 0.3 is 0 Å². The van der Waals surface area contributed by atoms with Crippen molar-refractivity contribution in [3.8, 4) is 11.5 Å². The maximum Gasteiger partial charge on any atom is 0.129 e. The standard InChI is InChI=1S/C15H19NO2S/c1-3-8-18-12-6-4-11(5-7-12)15(16)14-9-13(17-2)10-19-14/h4-7,9-10,15H,3,8,16H2,1-2H3. The van der Waals surface area contributed by atoms with E-state index in [9.17, 15) is 0 Å². The van der Waals surface area contributed by atoms with Gasteiger partial charge in [-0.3, -0.25) is 0 Å². The normalized spacial score (nSPS) is 12.2. The van der Waals surface area contributed by atoms with Crippen LogP contribution in [0, 0.1) is 0 Å². The Morgan fingerprint density at radius 3 is 2.53 bits per heavy atom. The molecular weight excluding hydrogens is 258 g/mol. The van der Waals surface area contributed by atoms with Crippen molar-refractivity contribution in [1.29, 1.82) is 0 Å². The summed E-state index contributed by atoms with van der Waals surface area (Å²) in [6, 6.07) is 9.83. The minimum Gasteiger partial charge on any atom is -0.496 e. The van der Waals surface area contributed by atoms with E-state index < -0.39 is 0 Å². The summed E-state index contributed by atoms with van der Waals surface area (Å²) in [5.74, 6) is 1.75. The summed E-state index contributed by atoms with van der Waals surface area (Å²) in [5, 5.41) is 1.97. The first-order valence-electron chi connectivity index (χ1n) is 6.35. The molecule has 1 aromatic carbocycles. The van der Waals surface area contributed by atoms with Crippen LogP contribution in [0.2, 0.25) is 0 Å². The van der Waals surface area contributed by atoms with Crippen molar-refractivity contribution < 1.29 is 9.47 Å². The Morgan fingerprint density at radius 2 is 1.95 bits per heavy atom. The molecule has 0 saturated carbocycles. The summed E-state index contributed by atoms with van der Waals surface area (Å²) in [7, 11) is 1.66. The van der Waals surface area contributed by atoms with Crippen LogP contribution in [0.15, 0.2) is 35.7 Å². The van der Waals surface area contributed by atoms with Crippen LogP contribution < -0.4 is 15.2 Å². The van der Waals surface area contributed by atoms with Crippen molar-refractivity contribution in [3.63, 3.8) is 0 Å². The maximum atomic E-state index is 6.25. The molecule has 0 fully saturated rings. The molecule has 1 unspecified atom stereocenters. The van der Waals surface area contributed by atoms with Crippen molar-refractivity contribution >= 4 is 11.3 Å². The van der Waals surface area contributed by atoms with Crippen LogP contribution in [-0.2, 0) is 0 Å². The highest BCUT2D eigenvalue weighted by Crippen LogP contribution is 2.30. The number of hydrogen-bond donors (Lipinski definition) is 1. The Morgan fingerprint density at radius 1 is 1.21 bits per heavy atom. The molecule has 2 N–H and O–H groups in total. The second kappa shape index (κ2) is 6.59. The van der Waals surface area contributed by atoms with Crippen molar-refractivity contribution in [2.24, 2.45) is 5.73 Å². The fraction of sp³-hybridized carbons (Fsp3) is 0.333. The predicted molar refractivity (Wildman–Crippen MR) is 79.1 cm³/mol. The topological polar surface area (TPSA) is 44.5 Å². The molecule has 0 aliphatic heterocycles. The third-order valence-corrected chi connectivity index (χ3v) is 3.84. The lowest BCUT2D eigenvalue weighted by Gasteiger charge is -2.11. The van der Waals surface area contributed by atoms with Crippen molar-refractivity contribution in [2.75, 3.05) is 13.7 Å². The molecule has 0 aliphatic carbocycles. The van der Waals surface area contributed by atoms with E-state index in [-0.39, 0.29) is 6.04 Å². The molecule has 1 aromatic heterocycles. The zero-order valence-corrected chi connectivity index (χ0v) is 12.1. The van der Waals surface area contributed by atoms with Crippen LogP contribution in [0.5, 0.6) is 11.5 Å². The number of rotatable bonds is 6. The third kappa shape index (κ3) is 3.49. The van der Waals surface area contributed by atoms with Gasteiger partial charge in [-0.1, -0.05) is 19.1 Å². The van der Waals surface area contributed by atoms with Crippen LogP contribution in [-0.4, -0.2) is 13.7 Å². The minimum absolute atomic E-state index is 0.117. The number of benzene rings is 1. The Balaban J connectivity index is 2.08. The largest absolute Gasteiger partial charge is 0.496 e. The van der Waals surface area contributed by atoms with Crippen LogP contribution >= 0.6 is 11.3 Å². The second-order valence-corrected chi connectivity index (χ2v) is 5.23. The summed E-state index contributed by atoms with van der Waals surface area (Å²) in [6.45, 7) is 2.84. The van der Waals surface area contributed by atoms with Gasteiger partial charge in [0, 0.05) is 10.3 Å². The number of thiophene rings is 1. The van der Waals surface area contributed by atoms with Gasteiger partial charge in [0.2, 0.25) is 0 Å². The fourth-order valence-electron chi connectivity index (χ4n) is 1.76. The SMILES string of the molecule is CCCOc1ccc(C(N)c2cc(OC)cs2)cc1. The quantitative estimate of drug-likeness (QED) is 0.877. The van der Waals surface area contributed by atoms with Crippen LogP contribution in [0.3, 0.4) is 0 Å². The Labute approximate surface area is 118 Å². The molecule has 0 bridgehead atoms. The van der Waals surface area contributed by atoms with Gasteiger partial charge in [-0.15, -0.1) is 11.3 Å². The first kappa shape index (κ1) is 13.9. The summed E-state index contributed by atoms with van der Waals surface area (Å²) in [6.07, 6.45) is 1.01. The lowest BCUT2D eigenvalue weighted by atomic mass is 10.1. The van der Waals surface area contributed by atoms with Crippen LogP contribution in [0.1, 0.15) is 29.8 Å². The fourth-order valence-corrected chi connectivity index (χ4v) is 2.64. The van der Waals surface area contributed by atoms with Gasteiger partial charge in [-0.05, 0) is 30.2 Å². The Bertz CT molecular complexity index is 507. The molecule has 1 atom stereocenters. The molecule has 0 amide bonds. The monoisotopic (exact) mass is 277 g/mol. The van der Waals surface area contributed by atoms with Crippen LogP contribution in [0.25, 0.3) is 0 Å². The number of ether oxygens (including phenoxy) is 2. The Kier molecular flexibility index (Phi) is 4.82. The van der Waals surface area contributed by atoms with Gasteiger partial charge in [-0.2, -0.15) is 0 Å². The molecule has 0 saturated heterocycles. The van der Waals surface area contributed by atoms with Crippen molar-refractivity contribution in [1.82, 2.24) is 0 Å². The Hall–Kier alpha value is -1.52. The molecule has 2 aromatic rings. The van der Waals surface area contributed by atoms with E-state index in [0.29, 0.717) is 0 Å². The lowest BCUT2D eigenvalue weighted by molar-refractivity contribution is 0.317. The smallest absolute Gasteiger partial charge is 0.129 e. The third-order valence-electron chi connectivity index (χ3n) is 2.85. The van der Waals surface area contributed by atoms with E-state index in [4.69, 9.17) is 15.2 Å². The number of nitrogens with two attached hydrogens (primary N) is 1. The molecule has 2 rings (SSSR count). The van der Waals surface area contributed by atoms with Gasteiger partial charge in [0.15, 0.2) is 0 Å². The highest BCUT2D eigenvalue weighted by atomic mass is 32.1. The van der Waals surface area contributed by atoms with E-state index in [2.05, 4.69) is 6.92 Å². The molecule has 19 heavy (non-hydrogen) atoms. The van der Waals surface area contributed by atoms with Gasteiger partial charge in [-0.25, -0.2) is 0 Å². The zero-order chi connectivity index (χ0) is 13.7. The van der Waals surface area contributed by atoms with Crippen molar-refractivity contribution in [2.45, 2.75) is 19.4 Å². The highest BCUT2D eigenvalue weighted by molar-refractivity contribution is 7.10. The molecule has 3 nitrogen and oxygen atoms in total. The summed E-state index contributed by atoms with van der Waals surface area (Å²) in [4.78, 5) is 1.10. The molecule has 1 heterocycles. The number of methoxy groups -OCH3 is 1. The number of hydrogen-bond acceptors (Lipinski definition) is 4. The van der Waals surface area contributed by atoms with Crippen LogP contribution in [0.4, 0.5) is 0 Å². The van der Waals surface area contributed by atoms with Gasteiger partial charge in [0.25, 0.3) is 0 Å².